The van der Waals surface area contributed by atoms with E-state index in [0.29, 0.717) is 38.6 Å². The average molecular weight is 413 g/mol. The molecule has 0 saturated carbocycles. The molecule has 0 radical (unpaired) electrons. The Morgan fingerprint density at radius 3 is 2.93 bits per heavy atom. The Labute approximate surface area is 168 Å². The number of amides is 1. The molecule has 0 aromatic carbocycles. The van der Waals surface area contributed by atoms with Crippen molar-refractivity contribution < 1.29 is 9.53 Å². The number of rotatable bonds is 9. The minimum atomic E-state index is -0.0516. The van der Waals surface area contributed by atoms with Gasteiger partial charge in [-0.1, -0.05) is 18.7 Å². The van der Waals surface area contributed by atoms with E-state index in [1.807, 2.05) is 10.9 Å². The first-order chi connectivity index (χ1) is 13.2. The molecule has 10 heteroatoms. The maximum absolute atomic E-state index is 11.6. The summed E-state index contributed by atoms with van der Waals surface area (Å²) in [5.74, 6) is 2.16. The number of anilines is 1. The molecular formula is C17H25ClN6O2S. The van der Waals surface area contributed by atoms with Crippen molar-refractivity contribution in [1.29, 1.82) is 0 Å². The quantitative estimate of drug-likeness (QED) is 0.382. The third kappa shape index (κ3) is 5.24. The monoisotopic (exact) mass is 412 g/mol. The van der Waals surface area contributed by atoms with E-state index >= 15 is 0 Å². The van der Waals surface area contributed by atoms with Gasteiger partial charge in [-0.15, -0.1) is 11.6 Å². The molecule has 2 aromatic heterocycles. The number of aromatic nitrogens is 4. The fourth-order valence-electron chi connectivity index (χ4n) is 2.83. The number of hydrogen-bond acceptors (Lipinski definition) is 7. The molecule has 1 fully saturated rings. The molecule has 1 saturated heterocycles. The SMILES string of the molecule is CCCSc1nc(N2CCOCC2)c2cnn(CCNC(=O)CCCl)c2n1. The summed E-state index contributed by atoms with van der Waals surface area (Å²) in [4.78, 5) is 23.3. The second kappa shape index (κ2) is 10.1. The third-order valence-electron chi connectivity index (χ3n) is 4.17. The van der Waals surface area contributed by atoms with Crippen molar-refractivity contribution >= 4 is 46.1 Å². The fourth-order valence-corrected chi connectivity index (χ4v) is 3.69. The number of morpholine rings is 1. The number of nitrogens with one attached hydrogen (secondary N) is 1. The standard InChI is InChI=1S/C17H25ClN6O2S/c1-2-11-27-17-21-15(23-7-9-26-10-8-23)13-12-20-24(16(13)22-17)6-5-19-14(25)3-4-18/h12H,2-11H2,1H3,(H,19,25). The minimum absolute atomic E-state index is 0.0516. The van der Waals surface area contributed by atoms with Crippen LogP contribution in [-0.2, 0) is 16.1 Å². The summed E-state index contributed by atoms with van der Waals surface area (Å²) < 4.78 is 7.30. The average Bonchev–Trinajstić information content (AvgIpc) is 3.09. The van der Waals surface area contributed by atoms with Crippen molar-refractivity contribution in [2.24, 2.45) is 0 Å². The van der Waals surface area contributed by atoms with Crippen molar-refractivity contribution in [2.75, 3.05) is 49.4 Å². The van der Waals surface area contributed by atoms with E-state index in [2.05, 4.69) is 22.2 Å². The number of halogens is 1. The van der Waals surface area contributed by atoms with Gasteiger partial charge in [-0.2, -0.15) is 5.10 Å². The van der Waals surface area contributed by atoms with Crippen LogP contribution in [0, 0.1) is 0 Å². The van der Waals surface area contributed by atoms with Gasteiger partial charge in [0.1, 0.15) is 5.82 Å². The Morgan fingerprint density at radius 1 is 1.37 bits per heavy atom. The fraction of sp³-hybridized carbons (Fsp3) is 0.647. The number of fused-ring (bicyclic) bond motifs is 1. The predicted molar refractivity (Wildman–Crippen MR) is 108 cm³/mol. The number of nitrogens with zero attached hydrogens (tertiary/aromatic N) is 5. The van der Waals surface area contributed by atoms with Gasteiger partial charge < -0.3 is 15.0 Å². The molecule has 0 bridgehead atoms. The summed E-state index contributed by atoms with van der Waals surface area (Å²) in [5, 5.41) is 9.04. The Balaban J connectivity index is 1.83. The number of carbonyl (C=O) groups is 1. The van der Waals surface area contributed by atoms with Gasteiger partial charge >= 0.3 is 0 Å². The zero-order valence-corrected chi connectivity index (χ0v) is 17.1. The van der Waals surface area contributed by atoms with Gasteiger partial charge in [-0.3, -0.25) is 4.79 Å². The molecular weight excluding hydrogens is 388 g/mol. The van der Waals surface area contributed by atoms with Gasteiger partial charge in [0.25, 0.3) is 0 Å². The van der Waals surface area contributed by atoms with Gasteiger partial charge in [-0.05, 0) is 6.42 Å². The van der Waals surface area contributed by atoms with E-state index in [0.717, 1.165) is 47.3 Å². The Bertz CT molecular complexity index is 765. The maximum atomic E-state index is 11.6. The number of hydrogen-bond donors (Lipinski definition) is 1. The van der Waals surface area contributed by atoms with Crippen LogP contribution in [0.4, 0.5) is 5.82 Å². The summed E-state index contributed by atoms with van der Waals surface area (Å²) in [6.07, 6.45) is 3.20. The lowest BCUT2D eigenvalue weighted by Gasteiger charge is -2.28. The summed E-state index contributed by atoms with van der Waals surface area (Å²) >= 11 is 7.25. The van der Waals surface area contributed by atoms with Crippen LogP contribution in [-0.4, -0.2) is 70.1 Å². The van der Waals surface area contributed by atoms with E-state index in [4.69, 9.17) is 26.3 Å². The lowest BCUT2D eigenvalue weighted by Crippen LogP contribution is -2.37. The van der Waals surface area contributed by atoms with Crippen molar-refractivity contribution in [2.45, 2.75) is 31.5 Å². The van der Waals surface area contributed by atoms with Crippen LogP contribution < -0.4 is 10.2 Å². The lowest BCUT2D eigenvalue weighted by molar-refractivity contribution is -0.120. The normalized spacial score (nSPS) is 14.7. The summed E-state index contributed by atoms with van der Waals surface area (Å²) in [6, 6.07) is 0. The first-order valence-corrected chi connectivity index (χ1v) is 10.8. The van der Waals surface area contributed by atoms with Gasteiger partial charge in [0, 0.05) is 37.7 Å². The van der Waals surface area contributed by atoms with E-state index in [1.165, 1.54) is 0 Å². The van der Waals surface area contributed by atoms with E-state index < -0.39 is 0 Å². The lowest BCUT2D eigenvalue weighted by atomic mass is 10.3. The molecule has 1 aliphatic heterocycles. The molecule has 2 aromatic rings. The first kappa shape index (κ1) is 20.2. The largest absolute Gasteiger partial charge is 0.378 e. The van der Waals surface area contributed by atoms with E-state index in [9.17, 15) is 4.79 Å². The van der Waals surface area contributed by atoms with Crippen LogP contribution in [0.5, 0.6) is 0 Å². The Kier molecular flexibility index (Phi) is 7.54. The molecule has 0 spiro atoms. The minimum Gasteiger partial charge on any atom is -0.378 e. The molecule has 0 aliphatic carbocycles. The molecule has 3 heterocycles. The molecule has 27 heavy (non-hydrogen) atoms. The molecule has 1 aliphatic rings. The highest BCUT2D eigenvalue weighted by Crippen LogP contribution is 2.28. The number of ether oxygens (including phenoxy) is 1. The Morgan fingerprint density at radius 2 is 2.19 bits per heavy atom. The van der Waals surface area contributed by atoms with Crippen LogP contribution >= 0.6 is 23.4 Å². The molecule has 148 valence electrons. The Hall–Kier alpha value is -1.58. The molecule has 0 atom stereocenters. The van der Waals surface area contributed by atoms with Crippen LogP contribution in [0.15, 0.2) is 11.4 Å². The highest BCUT2D eigenvalue weighted by atomic mass is 35.5. The molecule has 1 amide bonds. The number of thioether (sulfide) groups is 1. The second-order valence-corrected chi connectivity index (χ2v) is 7.61. The van der Waals surface area contributed by atoms with Gasteiger partial charge in [0.15, 0.2) is 10.8 Å². The zero-order valence-electron chi connectivity index (χ0n) is 15.5. The van der Waals surface area contributed by atoms with E-state index in [-0.39, 0.29) is 5.91 Å². The van der Waals surface area contributed by atoms with Crippen LogP contribution in [0.1, 0.15) is 19.8 Å². The van der Waals surface area contributed by atoms with Crippen molar-refractivity contribution in [1.82, 2.24) is 25.1 Å². The summed E-state index contributed by atoms with van der Waals surface area (Å²) in [6.45, 7) is 6.19. The van der Waals surface area contributed by atoms with Crippen molar-refractivity contribution in [3.8, 4) is 0 Å². The first-order valence-electron chi connectivity index (χ1n) is 9.24. The van der Waals surface area contributed by atoms with Crippen LogP contribution in [0.3, 0.4) is 0 Å². The number of alkyl halides is 1. The third-order valence-corrected chi connectivity index (χ3v) is 5.41. The molecule has 3 rings (SSSR count). The van der Waals surface area contributed by atoms with Crippen molar-refractivity contribution in [3.63, 3.8) is 0 Å². The van der Waals surface area contributed by atoms with Gasteiger partial charge in [0.2, 0.25) is 5.91 Å². The van der Waals surface area contributed by atoms with Gasteiger partial charge in [-0.25, -0.2) is 14.6 Å². The predicted octanol–water partition coefficient (Wildman–Crippen LogP) is 1.91. The summed E-state index contributed by atoms with van der Waals surface area (Å²) in [7, 11) is 0. The van der Waals surface area contributed by atoms with Crippen LogP contribution in [0.25, 0.3) is 11.0 Å². The second-order valence-electron chi connectivity index (χ2n) is 6.17. The van der Waals surface area contributed by atoms with Crippen molar-refractivity contribution in [3.05, 3.63) is 6.20 Å². The maximum Gasteiger partial charge on any atom is 0.221 e. The zero-order chi connectivity index (χ0) is 19.1. The molecule has 8 nitrogen and oxygen atoms in total. The van der Waals surface area contributed by atoms with Gasteiger partial charge in [0.05, 0.1) is 31.3 Å². The summed E-state index contributed by atoms with van der Waals surface area (Å²) in [5.41, 5.74) is 0.802. The molecule has 1 N–H and O–H groups in total. The van der Waals surface area contributed by atoms with Crippen LogP contribution in [0.2, 0.25) is 0 Å². The topological polar surface area (TPSA) is 85.2 Å². The smallest absolute Gasteiger partial charge is 0.221 e. The number of carbonyl (C=O) groups excluding carboxylic acids is 1. The highest BCUT2D eigenvalue weighted by Gasteiger charge is 2.20. The highest BCUT2D eigenvalue weighted by molar-refractivity contribution is 7.99. The molecule has 0 unspecified atom stereocenters. The van der Waals surface area contributed by atoms with E-state index in [1.54, 1.807) is 11.8 Å².